The first-order chi connectivity index (χ1) is 11.9. The Kier molecular flexibility index (Phi) is 6.76. The van der Waals surface area contributed by atoms with E-state index >= 15 is 0 Å². The summed E-state index contributed by atoms with van der Waals surface area (Å²) in [5.74, 6) is 0.549. The summed E-state index contributed by atoms with van der Waals surface area (Å²) in [4.78, 5) is 12.2. The van der Waals surface area contributed by atoms with Gasteiger partial charge in [0.25, 0.3) is 0 Å². The molecular weight excluding hydrogens is 314 g/mol. The lowest BCUT2D eigenvalue weighted by Gasteiger charge is -2.08. The van der Waals surface area contributed by atoms with E-state index in [4.69, 9.17) is 5.11 Å². The van der Waals surface area contributed by atoms with Crippen LogP contribution < -0.4 is 5.32 Å². The van der Waals surface area contributed by atoms with Crippen LogP contribution in [0, 0.1) is 19.8 Å². The molecule has 1 heterocycles. The molecule has 0 bridgehead atoms. The van der Waals surface area contributed by atoms with Crippen LogP contribution in [0.2, 0.25) is 0 Å². The van der Waals surface area contributed by atoms with Gasteiger partial charge in [0, 0.05) is 31.0 Å². The van der Waals surface area contributed by atoms with Gasteiger partial charge in [-0.2, -0.15) is 5.10 Å². The first-order valence-electron chi connectivity index (χ1n) is 8.93. The number of nitrogens with one attached hydrogen (secondary N) is 1. The number of amides is 1. The van der Waals surface area contributed by atoms with Gasteiger partial charge in [-0.15, -0.1) is 0 Å². The molecule has 2 N–H and O–H groups in total. The fourth-order valence-electron chi connectivity index (χ4n) is 2.97. The molecule has 25 heavy (non-hydrogen) atoms. The van der Waals surface area contributed by atoms with Gasteiger partial charge in [0.2, 0.25) is 5.91 Å². The van der Waals surface area contributed by atoms with Gasteiger partial charge in [-0.1, -0.05) is 26.0 Å². The van der Waals surface area contributed by atoms with Crippen molar-refractivity contribution in [1.29, 1.82) is 0 Å². The monoisotopic (exact) mass is 343 g/mol. The lowest BCUT2D eigenvalue weighted by molar-refractivity contribution is -0.116. The molecule has 0 saturated heterocycles. The number of hydrogen-bond donors (Lipinski definition) is 2. The molecule has 2 aromatic rings. The van der Waals surface area contributed by atoms with Crippen LogP contribution in [0.25, 0.3) is 0 Å². The summed E-state index contributed by atoms with van der Waals surface area (Å²) in [7, 11) is 0. The number of aryl methyl sites for hydroxylation is 1. The van der Waals surface area contributed by atoms with Gasteiger partial charge >= 0.3 is 0 Å². The molecule has 5 heteroatoms. The highest BCUT2D eigenvalue weighted by molar-refractivity contribution is 5.90. The van der Waals surface area contributed by atoms with Crippen LogP contribution in [0.15, 0.2) is 24.3 Å². The Labute approximate surface area is 150 Å². The molecule has 0 fully saturated rings. The molecule has 0 spiro atoms. The van der Waals surface area contributed by atoms with Gasteiger partial charge in [0.05, 0.1) is 5.69 Å². The van der Waals surface area contributed by atoms with Crippen LogP contribution in [0.5, 0.6) is 0 Å². The van der Waals surface area contributed by atoms with E-state index in [1.807, 2.05) is 35.9 Å². The summed E-state index contributed by atoms with van der Waals surface area (Å²) in [6.45, 7) is 9.48. The smallest absolute Gasteiger partial charge is 0.224 e. The lowest BCUT2D eigenvalue weighted by Crippen LogP contribution is -2.13. The topological polar surface area (TPSA) is 67.2 Å². The van der Waals surface area contributed by atoms with Crippen LogP contribution in [-0.2, 0) is 24.2 Å². The SMILES string of the molecule is Cc1nn(CC(C)C)c(C)c1CCC(=O)Nc1ccc(CCO)cc1. The zero-order valence-corrected chi connectivity index (χ0v) is 15.7. The Balaban J connectivity index is 1.92. The second-order valence-corrected chi connectivity index (χ2v) is 6.94. The van der Waals surface area contributed by atoms with Gasteiger partial charge in [-0.3, -0.25) is 9.48 Å². The average Bonchev–Trinajstić information content (AvgIpc) is 2.81. The van der Waals surface area contributed by atoms with E-state index in [1.165, 1.54) is 5.56 Å². The number of aliphatic hydroxyl groups excluding tert-OH is 1. The Morgan fingerprint density at radius 2 is 1.88 bits per heavy atom. The standard InChI is InChI=1S/C20H29N3O2/c1-14(2)13-23-16(4)19(15(3)22-23)9-10-20(25)21-18-7-5-17(6-8-18)11-12-24/h5-8,14,24H,9-13H2,1-4H3,(H,21,25). The normalized spacial score (nSPS) is 11.1. The summed E-state index contributed by atoms with van der Waals surface area (Å²) in [5.41, 5.74) is 5.20. The minimum atomic E-state index is 0.00492. The molecule has 0 aliphatic carbocycles. The Hall–Kier alpha value is -2.14. The van der Waals surface area contributed by atoms with E-state index in [9.17, 15) is 4.79 Å². The predicted octanol–water partition coefficient (Wildman–Crippen LogP) is 3.26. The Morgan fingerprint density at radius 1 is 1.20 bits per heavy atom. The third-order valence-electron chi connectivity index (χ3n) is 4.31. The highest BCUT2D eigenvalue weighted by atomic mass is 16.3. The molecule has 1 aromatic heterocycles. The van der Waals surface area contributed by atoms with E-state index in [2.05, 4.69) is 31.2 Å². The van der Waals surface area contributed by atoms with Crippen molar-refractivity contribution in [3.63, 3.8) is 0 Å². The molecule has 1 amide bonds. The Morgan fingerprint density at radius 3 is 2.48 bits per heavy atom. The first-order valence-corrected chi connectivity index (χ1v) is 8.93. The van der Waals surface area contributed by atoms with Crippen LogP contribution in [0.4, 0.5) is 5.69 Å². The minimum absolute atomic E-state index is 0.00492. The summed E-state index contributed by atoms with van der Waals surface area (Å²) >= 11 is 0. The lowest BCUT2D eigenvalue weighted by atomic mass is 10.1. The highest BCUT2D eigenvalue weighted by Crippen LogP contribution is 2.17. The molecule has 0 unspecified atom stereocenters. The van der Waals surface area contributed by atoms with Crippen molar-refractivity contribution in [2.24, 2.45) is 5.92 Å². The maximum atomic E-state index is 12.2. The van der Waals surface area contributed by atoms with Crippen LogP contribution in [-0.4, -0.2) is 27.4 Å². The number of nitrogens with zero attached hydrogens (tertiary/aromatic N) is 2. The van der Waals surface area contributed by atoms with Crippen molar-refractivity contribution < 1.29 is 9.90 Å². The quantitative estimate of drug-likeness (QED) is 0.773. The Bertz CT molecular complexity index is 702. The molecule has 0 aliphatic heterocycles. The van der Waals surface area contributed by atoms with Crippen molar-refractivity contribution in [1.82, 2.24) is 9.78 Å². The van der Waals surface area contributed by atoms with Gasteiger partial charge in [-0.05, 0) is 55.9 Å². The van der Waals surface area contributed by atoms with E-state index in [0.29, 0.717) is 25.2 Å². The molecule has 5 nitrogen and oxygen atoms in total. The summed E-state index contributed by atoms with van der Waals surface area (Å²) < 4.78 is 2.05. The van der Waals surface area contributed by atoms with E-state index in [0.717, 1.165) is 29.2 Å². The third kappa shape index (κ3) is 5.43. The molecule has 1 aromatic carbocycles. The molecule has 0 aliphatic rings. The van der Waals surface area contributed by atoms with E-state index in [1.54, 1.807) is 0 Å². The predicted molar refractivity (Wildman–Crippen MR) is 101 cm³/mol. The van der Waals surface area contributed by atoms with Crippen LogP contribution in [0.1, 0.15) is 42.8 Å². The second kappa shape index (κ2) is 8.81. The number of carbonyl (C=O) groups is 1. The van der Waals surface area contributed by atoms with Crippen molar-refractivity contribution in [3.8, 4) is 0 Å². The zero-order valence-electron chi connectivity index (χ0n) is 15.7. The van der Waals surface area contributed by atoms with Gasteiger partial charge in [0.15, 0.2) is 0 Å². The number of anilines is 1. The maximum Gasteiger partial charge on any atom is 0.224 e. The van der Waals surface area contributed by atoms with Crippen molar-refractivity contribution in [2.75, 3.05) is 11.9 Å². The van der Waals surface area contributed by atoms with Crippen LogP contribution >= 0.6 is 0 Å². The number of aliphatic hydroxyl groups is 1. The number of carbonyl (C=O) groups excluding carboxylic acids is 1. The number of aromatic nitrogens is 2. The fourth-order valence-corrected chi connectivity index (χ4v) is 2.97. The molecule has 136 valence electrons. The molecule has 0 atom stereocenters. The van der Waals surface area contributed by atoms with Gasteiger partial charge < -0.3 is 10.4 Å². The number of hydrogen-bond acceptors (Lipinski definition) is 3. The van der Waals surface area contributed by atoms with Crippen molar-refractivity contribution >= 4 is 11.6 Å². The van der Waals surface area contributed by atoms with Crippen molar-refractivity contribution in [3.05, 3.63) is 46.8 Å². The maximum absolute atomic E-state index is 12.2. The summed E-state index contributed by atoms with van der Waals surface area (Å²) in [6.07, 6.45) is 1.77. The largest absolute Gasteiger partial charge is 0.396 e. The minimum Gasteiger partial charge on any atom is -0.396 e. The second-order valence-electron chi connectivity index (χ2n) is 6.94. The van der Waals surface area contributed by atoms with Gasteiger partial charge in [0.1, 0.15) is 0 Å². The third-order valence-corrected chi connectivity index (χ3v) is 4.31. The molecule has 2 rings (SSSR count). The van der Waals surface area contributed by atoms with E-state index in [-0.39, 0.29) is 12.5 Å². The summed E-state index contributed by atoms with van der Waals surface area (Å²) in [5, 5.41) is 16.5. The molecule has 0 radical (unpaired) electrons. The average molecular weight is 343 g/mol. The highest BCUT2D eigenvalue weighted by Gasteiger charge is 2.14. The van der Waals surface area contributed by atoms with Gasteiger partial charge in [-0.25, -0.2) is 0 Å². The first kappa shape index (κ1) is 19.2. The number of benzene rings is 1. The number of rotatable bonds is 8. The zero-order chi connectivity index (χ0) is 18.4. The van der Waals surface area contributed by atoms with Crippen molar-refractivity contribution in [2.45, 2.75) is 53.5 Å². The van der Waals surface area contributed by atoms with Crippen LogP contribution in [0.3, 0.4) is 0 Å². The molecule has 0 saturated carbocycles. The van der Waals surface area contributed by atoms with E-state index < -0.39 is 0 Å². The fraction of sp³-hybridized carbons (Fsp3) is 0.500. The summed E-state index contributed by atoms with van der Waals surface area (Å²) in [6, 6.07) is 7.60. The molecular formula is C20H29N3O2.